The summed E-state index contributed by atoms with van der Waals surface area (Å²) in [6.07, 6.45) is -4.33. The third kappa shape index (κ3) is 4.58. The van der Waals surface area contributed by atoms with E-state index >= 15 is 0 Å². The third-order valence-electron chi connectivity index (χ3n) is 4.57. The molecule has 1 atom stereocenters. The van der Waals surface area contributed by atoms with Gasteiger partial charge in [-0.25, -0.2) is 9.11 Å². The second-order valence-corrected chi connectivity index (χ2v) is 7.49. The van der Waals surface area contributed by atoms with Crippen molar-refractivity contribution >= 4 is 11.9 Å². The molecule has 0 radical (unpaired) electrons. The average Bonchev–Trinajstić information content (AvgIpc) is 3.05. The van der Waals surface area contributed by atoms with Crippen molar-refractivity contribution in [3.05, 3.63) is 65.0 Å². The summed E-state index contributed by atoms with van der Waals surface area (Å²) in [6.45, 7) is 3.20. The minimum atomic E-state index is -4.21. The van der Waals surface area contributed by atoms with Gasteiger partial charge >= 0.3 is 6.18 Å². The fourth-order valence-electron chi connectivity index (χ4n) is 3.04. The molecule has 26 heavy (non-hydrogen) atoms. The van der Waals surface area contributed by atoms with E-state index in [0.29, 0.717) is 12.1 Å². The van der Waals surface area contributed by atoms with Crippen molar-refractivity contribution in [1.29, 1.82) is 0 Å². The Bertz CT molecular complexity index is 753. The molecule has 3 rings (SSSR count). The summed E-state index contributed by atoms with van der Waals surface area (Å²) in [5, 5.41) is 3.29. The van der Waals surface area contributed by atoms with Crippen LogP contribution in [0, 0.1) is 12.7 Å². The molecular weight excluding hydrogens is 364 g/mol. The summed E-state index contributed by atoms with van der Waals surface area (Å²) in [5.41, 5.74) is 1.29. The first kappa shape index (κ1) is 19.2. The Balaban J connectivity index is 1.72. The topological polar surface area (TPSA) is 24.1 Å². The summed E-state index contributed by atoms with van der Waals surface area (Å²) in [5.74, 6) is -0.239. The number of alkyl halides is 3. The molecular formula is C19H20F4N2S. The van der Waals surface area contributed by atoms with Crippen LogP contribution in [0.3, 0.4) is 0 Å². The smallest absolute Gasteiger partial charge is 0.314 e. The Labute approximate surface area is 154 Å². The second-order valence-electron chi connectivity index (χ2n) is 6.61. The predicted octanol–water partition coefficient (Wildman–Crippen LogP) is 4.72. The van der Waals surface area contributed by atoms with Crippen LogP contribution in [0.15, 0.2) is 47.4 Å². The van der Waals surface area contributed by atoms with Crippen LogP contribution in [0.4, 0.5) is 17.6 Å². The van der Waals surface area contributed by atoms with Crippen molar-refractivity contribution in [2.24, 2.45) is 0 Å². The maximum Gasteiger partial charge on any atom is 0.393 e. The molecule has 2 aromatic rings. The largest absolute Gasteiger partial charge is 0.393 e. The van der Waals surface area contributed by atoms with Gasteiger partial charge in [0.15, 0.2) is 0 Å². The number of aryl methyl sites for hydroxylation is 1. The Kier molecular flexibility index (Phi) is 5.60. The quantitative estimate of drug-likeness (QED) is 0.576. The van der Waals surface area contributed by atoms with Gasteiger partial charge in [0.1, 0.15) is 5.82 Å². The number of hydrogen-bond acceptors (Lipinski definition) is 3. The van der Waals surface area contributed by atoms with E-state index in [9.17, 15) is 17.6 Å². The van der Waals surface area contributed by atoms with Gasteiger partial charge in [-0.15, -0.1) is 0 Å². The molecule has 2 nitrogen and oxygen atoms in total. The Hall–Kier alpha value is -1.57. The highest BCUT2D eigenvalue weighted by Crippen LogP contribution is 2.33. The number of hydrogen-bond donors (Lipinski definition) is 2. The van der Waals surface area contributed by atoms with Gasteiger partial charge in [-0.1, -0.05) is 24.3 Å². The molecule has 140 valence electrons. The van der Waals surface area contributed by atoms with Gasteiger partial charge in [0, 0.05) is 11.4 Å². The zero-order valence-electron chi connectivity index (χ0n) is 14.3. The molecule has 1 fully saturated rings. The first-order valence-corrected chi connectivity index (χ1v) is 9.16. The highest BCUT2D eigenvalue weighted by Gasteiger charge is 2.36. The van der Waals surface area contributed by atoms with E-state index in [1.807, 2.05) is 6.07 Å². The molecule has 0 saturated carbocycles. The zero-order valence-corrected chi connectivity index (χ0v) is 15.1. The molecule has 0 bridgehead atoms. The van der Waals surface area contributed by atoms with E-state index in [0.717, 1.165) is 23.4 Å². The minimum Gasteiger partial charge on any atom is -0.314 e. The second kappa shape index (κ2) is 7.58. The summed E-state index contributed by atoms with van der Waals surface area (Å²) in [4.78, 5) is 0.815. The molecule has 1 unspecified atom stereocenters. The molecule has 0 amide bonds. The number of rotatable bonds is 5. The van der Waals surface area contributed by atoms with Crippen molar-refractivity contribution in [2.75, 3.05) is 13.1 Å². The lowest BCUT2D eigenvalue weighted by atomic mass is 9.89. The fraction of sp³-hybridized carbons (Fsp3) is 0.368. The minimum absolute atomic E-state index is 0.236. The summed E-state index contributed by atoms with van der Waals surface area (Å²) < 4.78 is 54.7. The fourth-order valence-corrected chi connectivity index (χ4v) is 3.92. The van der Waals surface area contributed by atoms with Gasteiger partial charge in [0.25, 0.3) is 0 Å². The van der Waals surface area contributed by atoms with E-state index in [1.54, 1.807) is 31.2 Å². The zero-order chi connectivity index (χ0) is 18.8. The van der Waals surface area contributed by atoms with E-state index in [1.165, 1.54) is 24.1 Å². The number of halogens is 4. The van der Waals surface area contributed by atoms with E-state index < -0.39 is 18.1 Å². The van der Waals surface area contributed by atoms with Crippen molar-refractivity contribution < 1.29 is 17.6 Å². The molecule has 1 heterocycles. The lowest BCUT2D eigenvalue weighted by molar-refractivity contribution is -0.127. The van der Waals surface area contributed by atoms with Crippen LogP contribution in [0.25, 0.3) is 0 Å². The maximum absolute atomic E-state index is 14.0. The molecule has 0 spiro atoms. The van der Waals surface area contributed by atoms with Crippen LogP contribution in [0.5, 0.6) is 0 Å². The lowest BCUT2D eigenvalue weighted by Gasteiger charge is -2.30. The Morgan fingerprint density at radius 2 is 1.88 bits per heavy atom. The molecule has 2 N–H and O–H groups in total. The highest BCUT2D eigenvalue weighted by atomic mass is 32.2. The Morgan fingerprint density at radius 1 is 1.15 bits per heavy atom. The number of benzene rings is 2. The molecule has 0 aromatic heterocycles. The van der Waals surface area contributed by atoms with Gasteiger partial charge in [-0.05, 0) is 66.7 Å². The average molecular weight is 384 g/mol. The van der Waals surface area contributed by atoms with Crippen molar-refractivity contribution in [3.63, 3.8) is 0 Å². The van der Waals surface area contributed by atoms with Gasteiger partial charge in [0.2, 0.25) is 0 Å². The summed E-state index contributed by atoms with van der Waals surface area (Å²) in [6, 6.07) is 11.6. The van der Waals surface area contributed by atoms with E-state index in [2.05, 4.69) is 10.0 Å². The van der Waals surface area contributed by atoms with Crippen LogP contribution >= 0.6 is 11.9 Å². The van der Waals surface area contributed by atoms with Crippen LogP contribution in [0.2, 0.25) is 0 Å². The normalized spacial score (nSPS) is 20.5. The van der Waals surface area contributed by atoms with Gasteiger partial charge in [-0.3, -0.25) is 0 Å². The van der Waals surface area contributed by atoms with Crippen LogP contribution in [-0.4, -0.2) is 19.3 Å². The molecule has 1 saturated heterocycles. The molecule has 1 aliphatic rings. The first-order valence-electron chi connectivity index (χ1n) is 8.34. The first-order chi connectivity index (χ1) is 12.3. The van der Waals surface area contributed by atoms with Crippen molar-refractivity contribution in [1.82, 2.24) is 10.0 Å². The summed E-state index contributed by atoms with van der Waals surface area (Å²) in [7, 11) is 0. The summed E-state index contributed by atoms with van der Waals surface area (Å²) >= 11 is 1.35. The SMILES string of the molecule is Cc1ccc(C2(NSc3ccc(CC(F)(F)F)cc3)CCNC2)cc1F. The Morgan fingerprint density at radius 3 is 2.46 bits per heavy atom. The highest BCUT2D eigenvalue weighted by molar-refractivity contribution is 7.97. The van der Waals surface area contributed by atoms with Crippen LogP contribution in [0.1, 0.15) is 23.1 Å². The van der Waals surface area contributed by atoms with E-state index in [4.69, 9.17) is 0 Å². The monoisotopic (exact) mass is 384 g/mol. The maximum atomic E-state index is 14.0. The third-order valence-corrected chi connectivity index (χ3v) is 5.57. The number of nitrogens with one attached hydrogen (secondary N) is 2. The van der Waals surface area contributed by atoms with Crippen molar-refractivity contribution in [2.45, 2.75) is 36.4 Å². The lowest BCUT2D eigenvalue weighted by Crippen LogP contribution is -2.40. The van der Waals surface area contributed by atoms with Crippen LogP contribution in [-0.2, 0) is 12.0 Å². The van der Waals surface area contributed by atoms with Crippen LogP contribution < -0.4 is 10.0 Å². The molecule has 1 aliphatic heterocycles. The molecule has 7 heteroatoms. The van der Waals surface area contributed by atoms with E-state index in [-0.39, 0.29) is 11.4 Å². The molecule has 2 aromatic carbocycles. The van der Waals surface area contributed by atoms with Gasteiger partial charge in [0.05, 0.1) is 12.0 Å². The van der Waals surface area contributed by atoms with Gasteiger partial charge in [-0.2, -0.15) is 13.2 Å². The predicted molar refractivity (Wildman–Crippen MR) is 95.5 cm³/mol. The van der Waals surface area contributed by atoms with Crippen molar-refractivity contribution in [3.8, 4) is 0 Å². The van der Waals surface area contributed by atoms with Gasteiger partial charge < -0.3 is 5.32 Å². The molecule has 0 aliphatic carbocycles. The standard InChI is InChI=1S/C19H20F4N2S/c1-13-2-5-15(10-17(13)20)18(8-9-24-12-18)25-26-16-6-3-14(4-7-16)11-19(21,22)23/h2-7,10,24-25H,8-9,11-12H2,1H3.